The van der Waals surface area contributed by atoms with Gasteiger partial charge in [-0.15, -0.1) is 11.3 Å². The first kappa shape index (κ1) is 19.6. The quantitative estimate of drug-likeness (QED) is 0.499. The Morgan fingerprint density at radius 3 is 2.10 bits per heavy atom. The Kier molecular flexibility index (Phi) is 4.89. The van der Waals surface area contributed by atoms with Crippen molar-refractivity contribution < 1.29 is 16.8 Å². The molecule has 1 aromatic heterocycles. The Bertz CT molecular complexity index is 1370. The molecule has 6 nitrogen and oxygen atoms in total. The number of fused-ring (bicyclic) bond motifs is 1. The summed E-state index contributed by atoms with van der Waals surface area (Å²) in [6, 6.07) is 19.9. The van der Waals surface area contributed by atoms with E-state index < -0.39 is 19.9 Å². The Morgan fingerprint density at radius 2 is 1.41 bits per heavy atom. The van der Waals surface area contributed by atoms with Gasteiger partial charge in [0.05, 0.1) is 25.7 Å². The number of hydrogen-bond acceptors (Lipinski definition) is 6. The molecule has 0 saturated heterocycles. The largest absolute Gasteiger partial charge is 0.279 e. The Labute approximate surface area is 172 Å². The van der Waals surface area contributed by atoms with E-state index in [-0.39, 0.29) is 9.79 Å². The summed E-state index contributed by atoms with van der Waals surface area (Å²) < 4.78 is 52.5. The Hall–Kier alpha value is -2.75. The molecule has 0 aliphatic rings. The molecule has 0 bridgehead atoms. The third kappa shape index (κ3) is 4.02. The van der Waals surface area contributed by atoms with Crippen LogP contribution in [0.25, 0.3) is 20.8 Å². The van der Waals surface area contributed by atoms with Gasteiger partial charge in [0.1, 0.15) is 5.01 Å². The lowest BCUT2D eigenvalue weighted by atomic mass is 10.2. The minimum atomic E-state index is -3.90. The molecule has 1 heterocycles. The first-order valence-electron chi connectivity index (χ1n) is 8.52. The summed E-state index contributed by atoms with van der Waals surface area (Å²) in [6.45, 7) is 0. The molecule has 0 unspecified atom stereocenters. The van der Waals surface area contributed by atoms with Crippen LogP contribution in [0.3, 0.4) is 0 Å². The average molecular weight is 445 g/mol. The minimum absolute atomic E-state index is 0.0241. The van der Waals surface area contributed by atoms with E-state index in [0.717, 1.165) is 16.5 Å². The highest BCUT2D eigenvalue weighted by molar-refractivity contribution is 7.92. The molecule has 148 valence electrons. The van der Waals surface area contributed by atoms with Gasteiger partial charge >= 0.3 is 0 Å². The standard InChI is InChI=1S/C20H16N2O4S3/c1-28(23,24)14-10-12-15(13-11-14)29(25,26)22-17-7-3-2-6-16(17)20-21-18-8-4-5-9-19(18)27-20/h2-13,22H,1H3. The number of thiazole rings is 1. The van der Waals surface area contributed by atoms with Crippen LogP contribution in [-0.4, -0.2) is 28.1 Å². The van der Waals surface area contributed by atoms with Gasteiger partial charge in [0.2, 0.25) is 0 Å². The fourth-order valence-electron chi connectivity index (χ4n) is 2.82. The van der Waals surface area contributed by atoms with Crippen LogP contribution < -0.4 is 4.72 Å². The number of sulfonamides is 1. The first-order valence-corrected chi connectivity index (χ1v) is 12.7. The zero-order valence-corrected chi connectivity index (χ0v) is 17.7. The third-order valence-electron chi connectivity index (χ3n) is 4.26. The number of hydrogen-bond donors (Lipinski definition) is 1. The maximum Gasteiger partial charge on any atom is 0.261 e. The van der Waals surface area contributed by atoms with E-state index in [0.29, 0.717) is 16.3 Å². The van der Waals surface area contributed by atoms with Crippen molar-refractivity contribution in [2.45, 2.75) is 9.79 Å². The molecule has 1 N–H and O–H groups in total. The zero-order valence-electron chi connectivity index (χ0n) is 15.2. The highest BCUT2D eigenvalue weighted by Gasteiger charge is 2.19. The van der Waals surface area contributed by atoms with Crippen molar-refractivity contribution in [3.63, 3.8) is 0 Å². The molecular weight excluding hydrogens is 428 g/mol. The second-order valence-electron chi connectivity index (χ2n) is 6.38. The van der Waals surface area contributed by atoms with Crippen LogP contribution in [0, 0.1) is 0 Å². The maximum absolute atomic E-state index is 12.8. The molecule has 0 radical (unpaired) electrons. The molecule has 0 aliphatic heterocycles. The lowest BCUT2D eigenvalue weighted by Gasteiger charge is -2.11. The van der Waals surface area contributed by atoms with Gasteiger partial charge in [-0.25, -0.2) is 21.8 Å². The first-order chi connectivity index (χ1) is 13.7. The second kappa shape index (κ2) is 7.25. The molecule has 0 saturated carbocycles. The molecule has 0 atom stereocenters. The summed E-state index contributed by atoms with van der Waals surface area (Å²) in [6.07, 6.45) is 1.07. The van der Waals surface area contributed by atoms with Gasteiger partial charge < -0.3 is 0 Å². The fraction of sp³-hybridized carbons (Fsp3) is 0.0500. The predicted molar refractivity (Wildman–Crippen MR) is 115 cm³/mol. The molecular formula is C20H16N2O4S3. The van der Waals surface area contributed by atoms with Crippen LogP contribution >= 0.6 is 11.3 Å². The van der Waals surface area contributed by atoms with Crippen molar-refractivity contribution in [2.24, 2.45) is 0 Å². The topological polar surface area (TPSA) is 93.2 Å². The predicted octanol–water partition coefficient (Wildman–Crippen LogP) is 4.17. The summed E-state index contributed by atoms with van der Waals surface area (Å²) in [5.41, 5.74) is 1.92. The average Bonchev–Trinajstić information content (AvgIpc) is 3.11. The van der Waals surface area contributed by atoms with Gasteiger partial charge in [-0.2, -0.15) is 0 Å². The normalized spacial score (nSPS) is 12.2. The number of para-hydroxylation sites is 2. The Balaban J connectivity index is 1.71. The molecule has 0 aliphatic carbocycles. The van der Waals surface area contributed by atoms with Crippen LogP contribution in [0.1, 0.15) is 0 Å². The lowest BCUT2D eigenvalue weighted by Crippen LogP contribution is -2.13. The van der Waals surface area contributed by atoms with E-state index in [4.69, 9.17) is 0 Å². The molecule has 3 aromatic carbocycles. The number of nitrogens with zero attached hydrogens (tertiary/aromatic N) is 1. The molecule has 0 fully saturated rings. The molecule has 4 aromatic rings. The van der Waals surface area contributed by atoms with E-state index in [2.05, 4.69) is 9.71 Å². The highest BCUT2D eigenvalue weighted by Crippen LogP contribution is 2.35. The monoisotopic (exact) mass is 444 g/mol. The fourth-order valence-corrected chi connectivity index (χ4v) is 5.53. The summed E-state index contributed by atoms with van der Waals surface area (Å²) in [4.78, 5) is 4.64. The van der Waals surface area contributed by atoms with Gasteiger partial charge in [-0.3, -0.25) is 4.72 Å². The summed E-state index contributed by atoms with van der Waals surface area (Å²) in [5.74, 6) is 0. The third-order valence-corrected chi connectivity index (χ3v) is 7.84. The molecule has 9 heteroatoms. The van der Waals surface area contributed by atoms with E-state index in [1.54, 1.807) is 12.1 Å². The summed E-state index contributed by atoms with van der Waals surface area (Å²) in [5, 5.41) is 0.705. The second-order valence-corrected chi connectivity index (χ2v) is 11.1. The Morgan fingerprint density at radius 1 is 0.793 bits per heavy atom. The molecule has 4 rings (SSSR count). The van der Waals surface area contributed by atoms with Crippen molar-refractivity contribution in [3.8, 4) is 10.6 Å². The number of anilines is 1. The summed E-state index contributed by atoms with van der Waals surface area (Å²) >= 11 is 1.48. The smallest absolute Gasteiger partial charge is 0.261 e. The van der Waals surface area contributed by atoms with Crippen LogP contribution in [0.15, 0.2) is 82.6 Å². The number of aromatic nitrogens is 1. The van der Waals surface area contributed by atoms with Crippen molar-refractivity contribution in [1.82, 2.24) is 4.98 Å². The number of nitrogens with one attached hydrogen (secondary N) is 1. The van der Waals surface area contributed by atoms with Gasteiger partial charge in [-0.05, 0) is 48.5 Å². The van der Waals surface area contributed by atoms with Crippen molar-refractivity contribution in [2.75, 3.05) is 11.0 Å². The number of sulfone groups is 1. The SMILES string of the molecule is CS(=O)(=O)c1ccc(S(=O)(=O)Nc2ccccc2-c2nc3ccccc3s2)cc1. The van der Waals surface area contributed by atoms with Gasteiger partial charge in [0.25, 0.3) is 10.0 Å². The molecule has 0 amide bonds. The number of benzene rings is 3. The van der Waals surface area contributed by atoms with E-state index in [9.17, 15) is 16.8 Å². The zero-order chi connectivity index (χ0) is 20.6. The van der Waals surface area contributed by atoms with Gasteiger partial charge in [0, 0.05) is 11.8 Å². The van der Waals surface area contributed by atoms with Crippen LogP contribution in [0.5, 0.6) is 0 Å². The maximum atomic E-state index is 12.8. The minimum Gasteiger partial charge on any atom is -0.279 e. The van der Waals surface area contributed by atoms with E-state index >= 15 is 0 Å². The van der Waals surface area contributed by atoms with Crippen LogP contribution in [0.2, 0.25) is 0 Å². The van der Waals surface area contributed by atoms with Crippen molar-refractivity contribution in [1.29, 1.82) is 0 Å². The van der Waals surface area contributed by atoms with Gasteiger partial charge in [0.15, 0.2) is 9.84 Å². The van der Waals surface area contributed by atoms with E-state index in [1.165, 1.54) is 35.6 Å². The number of rotatable bonds is 5. The van der Waals surface area contributed by atoms with Crippen molar-refractivity contribution in [3.05, 3.63) is 72.8 Å². The molecule has 0 spiro atoms. The highest BCUT2D eigenvalue weighted by atomic mass is 32.2. The summed E-state index contributed by atoms with van der Waals surface area (Å²) in [7, 11) is -7.31. The van der Waals surface area contributed by atoms with Gasteiger partial charge in [-0.1, -0.05) is 24.3 Å². The van der Waals surface area contributed by atoms with Crippen LogP contribution in [0.4, 0.5) is 5.69 Å². The van der Waals surface area contributed by atoms with Crippen molar-refractivity contribution >= 4 is 47.1 Å². The van der Waals surface area contributed by atoms with E-state index in [1.807, 2.05) is 36.4 Å². The lowest BCUT2D eigenvalue weighted by molar-refractivity contribution is 0.597. The molecule has 29 heavy (non-hydrogen) atoms. The van der Waals surface area contributed by atoms with Crippen LogP contribution in [-0.2, 0) is 19.9 Å².